The standard InChI is InChI=1S/C10H9N3O2/c1-12-8(5-11)6-2-3-7-9(4-6)15-10(14)13-7/h2-4,8,12H,1H3,(H,13,14). The Balaban J connectivity index is 2.56. The van der Waals surface area contributed by atoms with E-state index in [2.05, 4.69) is 16.4 Å². The van der Waals surface area contributed by atoms with E-state index in [0.717, 1.165) is 5.56 Å². The van der Waals surface area contributed by atoms with E-state index in [1.165, 1.54) is 0 Å². The largest absolute Gasteiger partial charge is 0.417 e. The molecular formula is C10H9N3O2. The molecule has 0 fully saturated rings. The van der Waals surface area contributed by atoms with Crippen LogP contribution >= 0.6 is 0 Å². The highest BCUT2D eigenvalue weighted by atomic mass is 16.4. The van der Waals surface area contributed by atoms with E-state index in [4.69, 9.17) is 9.68 Å². The fourth-order valence-corrected chi connectivity index (χ4v) is 1.45. The molecule has 0 aliphatic heterocycles. The van der Waals surface area contributed by atoms with Crippen LogP contribution in [0.15, 0.2) is 27.4 Å². The zero-order valence-corrected chi connectivity index (χ0v) is 8.07. The molecule has 1 aromatic carbocycles. The summed E-state index contributed by atoms with van der Waals surface area (Å²) in [6.45, 7) is 0. The Morgan fingerprint density at radius 2 is 2.40 bits per heavy atom. The predicted octanol–water partition coefficient (Wildman–Crippen LogP) is 0.905. The number of nitriles is 1. The van der Waals surface area contributed by atoms with Crippen molar-refractivity contribution in [3.05, 3.63) is 34.3 Å². The van der Waals surface area contributed by atoms with E-state index in [1.54, 1.807) is 25.2 Å². The van der Waals surface area contributed by atoms with Crippen LogP contribution in [0.2, 0.25) is 0 Å². The van der Waals surface area contributed by atoms with Gasteiger partial charge < -0.3 is 9.73 Å². The molecule has 0 saturated carbocycles. The average molecular weight is 203 g/mol. The predicted molar refractivity (Wildman–Crippen MR) is 54.2 cm³/mol. The Morgan fingerprint density at radius 3 is 3.07 bits per heavy atom. The van der Waals surface area contributed by atoms with Gasteiger partial charge in [-0.25, -0.2) is 4.79 Å². The smallest absolute Gasteiger partial charge is 0.408 e. The lowest BCUT2D eigenvalue weighted by atomic mass is 10.1. The van der Waals surface area contributed by atoms with Crippen molar-refractivity contribution in [1.82, 2.24) is 10.3 Å². The van der Waals surface area contributed by atoms with E-state index >= 15 is 0 Å². The summed E-state index contributed by atoms with van der Waals surface area (Å²) in [5.74, 6) is -0.486. The maximum absolute atomic E-state index is 10.9. The molecule has 0 amide bonds. The highest BCUT2D eigenvalue weighted by Crippen LogP contribution is 2.17. The quantitative estimate of drug-likeness (QED) is 0.759. The number of H-pyrrole nitrogens is 1. The fourth-order valence-electron chi connectivity index (χ4n) is 1.45. The van der Waals surface area contributed by atoms with Crippen molar-refractivity contribution in [3.63, 3.8) is 0 Å². The summed E-state index contributed by atoms with van der Waals surface area (Å²) in [5.41, 5.74) is 1.87. The van der Waals surface area contributed by atoms with Gasteiger partial charge in [0.1, 0.15) is 6.04 Å². The summed E-state index contributed by atoms with van der Waals surface area (Å²) >= 11 is 0. The van der Waals surface area contributed by atoms with Crippen LogP contribution in [-0.2, 0) is 0 Å². The van der Waals surface area contributed by atoms with Crippen molar-refractivity contribution in [3.8, 4) is 6.07 Å². The zero-order valence-electron chi connectivity index (χ0n) is 8.07. The molecule has 1 unspecified atom stereocenters. The first-order chi connectivity index (χ1) is 7.24. The minimum atomic E-state index is -0.486. The van der Waals surface area contributed by atoms with Crippen LogP contribution in [0.5, 0.6) is 0 Å². The second kappa shape index (κ2) is 3.59. The van der Waals surface area contributed by atoms with Gasteiger partial charge in [0, 0.05) is 0 Å². The summed E-state index contributed by atoms with van der Waals surface area (Å²) in [5, 5.41) is 11.7. The van der Waals surface area contributed by atoms with E-state index in [1.807, 2.05) is 0 Å². The van der Waals surface area contributed by atoms with Gasteiger partial charge in [0.05, 0.1) is 11.6 Å². The Bertz CT molecular complexity index is 576. The number of rotatable bonds is 2. The Morgan fingerprint density at radius 1 is 1.60 bits per heavy atom. The van der Waals surface area contributed by atoms with Crippen molar-refractivity contribution in [2.45, 2.75) is 6.04 Å². The molecule has 0 spiro atoms. The molecule has 0 aliphatic rings. The van der Waals surface area contributed by atoms with E-state index in [9.17, 15) is 4.79 Å². The molecule has 15 heavy (non-hydrogen) atoms. The van der Waals surface area contributed by atoms with E-state index in [-0.39, 0.29) is 0 Å². The van der Waals surface area contributed by atoms with Gasteiger partial charge in [0.2, 0.25) is 0 Å². The third-order valence-corrected chi connectivity index (χ3v) is 2.20. The lowest BCUT2D eigenvalue weighted by Crippen LogP contribution is -2.13. The third kappa shape index (κ3) is 1.63. The summed E-state index contributed by atoms with van der Waals surface area (Å²) < 4.78 is 4.90. The van der Waals surface area contributed by atoms with Gasteiger partial charge in [-0.05, 0) is 24.7 Å². The van der Waals surface area contributed by atoms with Gasteiger partial charge in [0.15, 0.2) is 5.58 Å². The highest BCUT2D eigenvalue weighted by molar-refractivity contribution is 5.73. The SMILES string of the molecule is CNC(C#N)c1ccc2[nH]c(=O)oc2c1. The molecule has 2 N–H and O–H groups in total. The lowest BCUT2D eigenvalue weighted by Gasteiger charge is -2.06. The van der Waals surface area contributed by atoms with Crippen molar-refractivity contribution in [2.75, 3.05) is 7.05 Å². The summed E-state index contributed by atoms with van der Waals surface area (Å²) in [6.07, 6.45) is 0. The second-order valence-corrected chi connectivity index (χ2v) is 3.12. The van der Waals surface area contributed by atoms with E-state index < -0.39 is 11.8 Å². The molecule has 5 heteroatoms. The minimum absolute atomic E-state index is 0.394. The van der Waals surface area contributed by atoms with Crippen LogP contribution < -0.4 is 11.1 Å². The second-order valence-electron chi connectivity index (χ2n) is 3.12. The average Bonchev–Trinajstić information content (AvgIpc) is 2.59. The number of nitrogens with zero attached hydrogens (tertiary/aromatic N) is 1. The van der Waals surface area contributed by atoms with Crippen LogP contribution in [-0.4, -0.2) is 12.0 Å². The van der Waals surface area contributed by atoms with Gasteiger partial charge in [-0.3, -0.25) is 4.98 Å². The fraction of sp³-hybridized carbons (Fsp3) is 0.200. The summed E-state index contributed by atoms with van der Waals surface area (Å²) in [6, 6.07) is 6.88. The molecule has 2 aromatic rings. The van der Waals surface area contributed by atoms with Crippen molar-refractivity contribution in [1.29, 1.82) is 5.26 Å². The highest BCUT2D eigenvalue weighted by Gasteiger charge is 2.09. The number of benzene rings is 1. The number of hydrogen-bond acceptors (Lipinski definition) is 4. The molecule has 0 radical (unpaired) electrons. The molecule has 1 heterocycles. The van der Waals surface area contributed by atoms with Gasteiger partial charge in [-0.2, -0.15) is 5.26 Å². The van der Waals surface area contributed by atoms with Crippen LogP contribution in [0.4, 0.5) is 0 Å². The molecule has 1 aromatic heterocycles. The van der Waals surface area contributed by atoms with Gasteiger partial charge in [-0.15, -0.1) is 0 Å². The monoisotopic (exact) mass is 203 g/mol. The lowest BCUT2D eigenvalue weighted by molar-refractivity contribution is 0.554. The van der Waals surface area contributed by atoms with Gasteiger partial charge in [0.25, 0.3) is 0 Å². The number of hydrogen-bond donors (Lipinski definition) is 2. The van der Waals surface area contributed by atoms with Crippen molar-refractivity contribution >= 4 is 11.1 Å². The van der Waals surface area contributed by atoms with Crippen LogP contribution in [0.3, 0.4) is 0 Å². The Labute approximate surface area is 85.3 Å². The van der Waals surface area contributed by atoms with Gasteiger partial charge in [-0.1, -0.05) is 6.07 Å². The summed E-state index contributed by atoms with van der Waals surface area (Å²) in [4.78, 5) is 13.4. The molecule has 0 saturated heterocycles. The van der Waals surface area contributed by atoms with Crippen molar-refractivity contribution in [2.24, 2.45) is 0 Å². The third-order valence-electron chi connectivity index (χ3n) is 2.20. The van der Waals surface area contributed by atoms with E-state index in [0.29, 0.717) is 11.1 Å². The van der Waals surface area contributed by atoms with Gasteiger partial charge >= 0.3 is 5.76 Å². The number of fused-ring (bicyclic) bond motifs is 1. The molecule has 1 atom stereocenters. The maximum Gasteiger partial charge on any atom is 0.417 e. The molecular weight excluding hydrogens is 194 g/mol. The molecule has 0 bridgehead atoms. The molecule has 0 aliphatic carbocycles. The number of oxazole rings is 1. The number of aromatic amines is 1. The first-order valence-corrected chi connectivity index (χ1v) is 4.44. The summed E-state index contributed by atoms with van der Waals surface area (Å²) in [7, 11) is 1.70. The molecule has 5 nitrogen and oxygen atoms in total. The number of nitrogens with one attached hydrogen (secondary N) is 2. The zero-order chi connectivity index (χ0) is 10.8. The minimum Gasteiger partial charge on any atom is -0.408 e. The first kappa shape index (κ1) is 9.49. The van der Waals surface area contributed by atoms with Crippen LogP contribution in [0.25, 0.3) is 11.1 Å². The topological polar surface area (TPSA) is 81.8 Å². The Hall–Kier alpha value is -2.06. The molecule has 76 valence electrons. The molecule has 2 rings (SSSR count). The Kier molecular flexibility index (Phi) is 2.27. The maximum atomic E-state index is 10.9. The van der Waals surface area contributed by atoms with Crippen LogP contribution in [0, 0.1) is 11.3 Å². The van der Waals surface area contributed by atoms with Crippen molar-refractivity contribution < 1.29 is 4.42 Å². The van der Waals surface area contributed by atoms with Crippen LogP contribution in [0.1, 0.15) is 11.6 Å². The first-order valence-electron chi connectivity index (χ1n) is 4.44. The normalized spacial score (nSPS) is 12.5. The number of aromatic nitrogens is 1.